The summed E-state index contributed by atoms with van der Waals surface area (Å²) in [5.41, 5.74) is 1.77. The zero-order valence-corrected chi connectivity index (χ0v) is 9.36. The van der Waals surface area contributed by atoms with Gasteiger partial charge in [0.05, 0.1) is 19.0 Å². The zero-order valence-electron chi connectivity index (χ0n) is 9.36. The maximum absolute atomic E-state index is 9.85. The topological polar surface area (TPSA) is 66.4 Å². The van der Waals surface area contributed by atoms with E-state index in [0.29, 0.717) is 13.2 Å². The van der Waals surface area contributed by atoms with Crippen LogP contribution in [0.15, 0.2) is 12.4 Å². The third kappa shape index (κ3) is 2.32. The summed E-state index contributed by atoms with van der Waals surface area (Å²) in [5.74, 6) is 0.212. The van der Waals surface area contributed by atoms with Crippen LogP contribution in [0.25, 0.3) is 0 Å². The van der Waals surface area contributed by atoms with Gasteiger partial charge in [-0.05, 0) is 6.92 Å². The predicted octanol–water partition coefficient (Wildman–Crippen LogP) is 0.515. The Morgan fingerprint density at radius 2 is 2.19 bits per heavy atom. The Morgan fingerprint density at radius 3 is 2.88 bits per heavy atom. The van der Waals surface area contributed by atoms with Gasteiger partial charge in [0.2, 0.25) is 0 Å². The molecule has 2 rings (SSSR count). The molecule has 1 aromatic heterocycles. The Morgan fingerprint density at radius 1 is 1.44 bits per heavy atom. The molecule has 1 saturated heterocycles. The first-order valence-corrected chi connectivity index (χ1v) is 5.53. The van der Waals surface area contributed by atoms with E-state index in [1.54, 1.807) is 6.20 Å². The third-order valence-corrected chi connectivity index (χ3v) is 2.62. The van der Waals surface area contributed by atoms with Gasteiger partial charge in [0.1, 0.15) is 5.75 Å². The second kappa shape index (κ2) is 5.25. The van der Waals surface area contributed by atoms with Crippen molar-refractivity contribution < 1.29 is 9.84 Å². The van der Waals surface area contributed by atoms with E-state index in [1.165, 1.54) is 6.20 Å². The number of hydrogen-bond donors (Lipinski definition) is 3. The molecule has 5 nitrogen and oxygen atoms in total. The van der Waals surface area contributed by atoms with Gasteiger partial charge in [-0.2, -0.15) is 0 Å². The molecule has 88 valence electrons. The lowest BCUT2D eigenvalue weighted by atomic mass is 10.1. The van der Waals surface area contributed by atoms with E-state index < -0.39 is 0 Å². The predicted molar refractivity (Wildman–Crippen MR) is 60.0 cm³/mol. The molecular weight excluding hydrogens is 206 g/mol. The highest BCUT2D eigenvalue weighted by atomic mass is 16.5. The lowest BCUT2D eigenvalue weighted by Crippen LogP contribution is -2.23. The summed E-state index contributed by atoms with van der Waals surface area (Å²) in [7, 11) is 0. The van der Waals surface area contributed by atoms with Crippen LogP contribution in [0.2, 0.25) is 0 Å². The van der Waals surface area contributed by atoms with Crippen LogP contribution in [0.3, 0.4) is 0 Å². The van der Waals surface area contributed by atoms with E-state index in [9.17, 15) is 5.11 Å². The highest BCUT2D eigenvalue weighted by Gasteiger charge is 2.22. The van der Waals surface area contributed by atoms with Crippen molar-refractivity contribution in [1.29, 1.82) is 0 Å². The summed E-state index contributed by atoms with van der Waals surface area (Å²) in [6.45, 7) is 4.89. The minimum absolute atomic E-state index is 0.00143. The Bertz CT molecular complexity index is 351. The second-order valence-corrected chi connectivity index (χ2v) is 3.71. The zero-order chi connectivity index (χ0) is 11.4. The maximum atomic E-state index is 9.85. The molecule has 0 radical (unpaired) electrons. The molecule has 0 spiro atoms. The summed E-state index contributed by atoms with van der Waals surface area (Å²) >= 11 is 0. The first kappa shape index (κ1) is 11.3. The average Bonchev–Trinajstić information content (AvgIpc) is 2.79. The third-order valence-electron chi connectivity index (χ3n) is 2.62. The van der Waals surface area contributed by atoms with Crippen LogP contribution in [0.4, 0.5) is 0 Å². The van der Waals surface area contributed by atoms with E-state index in [2.05, 4.69) is 15.6 Å². The molecule has 0 saturated carbocycles. The van der Waals surface area contributed by atoms with Crippen molar-refractivity contribution in [3.8, 4) is 5.75 Å². The fourth-order valence-corrected chi connectivity index (χ4v) is 1.87. The number of aromatic nitrogens is 1. The van der Waals surface area contributed by atoms with Crippen molar-refractivity contribution in [3.05, 3.63) is 23.5 Å². The van der Waals surface area contributed by atoms with Crippen molar-refractivity contribution in [2.45, 2.75) is 19.7 Å². The van der Waals surface area contributed by atoms with Crippen LogP contribution < -0.4 is 10.6 Å². The molecule has 1 fully saturated rings. The van der Waals surface area contributed by atoms with Crippen LogP contribution >= 0.6 is 0 Å². The molecule has 0 bridgehead atoms. The molecule has 2 heterocycles. The first-order chi connectivity index (χ1) is 7.83. The van der Waals surface area contributed by atoms with Gasteiger partial charge in [-0.1, -0.05) is 0 Å². The summed E-state index contributed by atoms with van der Waals surface area (Å²) < 4.78 is 5.37. The summed E-state index contributed by atoms with van der Waals surface area (Å²) in [6.07, 6.45) is 3.21. The standard InChI is InChI=1S/C11H17N3O2/c1-2-16-7-8-5-12-6-9(15)10(8)11-13-3-4-14-11/h5-6,11,13-15H,2-4,7H2,1H3. The van der Waals surface area contributed by atoms with Crippen molar-refractivity contribution >= 4 is 0 Å². The second-order valence-electron chi connectivity index (χ2n) is 3.71. The van der Waals surface area contributed by atoms with Crippen LogP contribution in [0.5, 0.6) is 5.75 Å². The van der Waals surface area contributed by atoms with Gasteiger partial charge in [0.25, 0.3) is 0 Å². The van der Waals surface area contributed by atoms with Crippen LogP contribution in [-0.2, 0) is 11.3 Å². The molecule has 1 aromatic rings. The molecule has 16 heavy (non-hydrogen) atoms. The minimum Gasteiger partial charge on any atom is -0.506 e. The largest absolute Gasteiger partial charge is 0.506 e. The SMILES string of the molecule is CCOCc1cncc(O)c1C1NCCN1. The summed E-state index contributed by atoms with van der Waals surface area (Å²) in [6, 6.07) is 0. The fourth-order valence-electron chi connectivity index (χ4n) is 1.87. The van der Waals surface area contributed by atoms with Gasteiger partial charge in [0.15, 0.2) is 0 Å². The van der Waals surface area contributed by atoms with Gasteiger partial charge in [0, 0.05) is 37.0 Å². The number of nitrogens with zero attached hydrogens (tertiary/aromatic N) is 1. The number of ether oxygens (including phenoxy) is 1. The molecule has 0 atom stereocenters. The molecule has 0 aromatic carbocycles. The van der Waals surface area contributed by atoms with Crippen molar-refractivity contribution in [1.82, 2.24) is 15.6 Å². The van der Waals surface area contributed by atoms with Gasteiger partial charge in [-0.25, -0.2) is 0 Å². The lowest BCUT2D eigenvalue weighted by molar-refractivity contribution is 0.132. The van der Waals surface area contributed by atoms with Crippen LogP contribution in [-0.4, -0.2) is 29.8 Å². The Balaban J connectivity index is 2.24. The van der Waals surface area contributed by atoms with Crippen molar-refractivity contribution in [3.63, 3.8) is 0 Å². The van der Waals surface area contributed by atoms with Gasteiger partial charge in [-0.15, -0.1) is 0 Å². The van der Waals surface area contributed by atoms with E-state index in [0.717, 1.165) is 24.2 Å². The highest BCUT2D eigenvalue weighted by molar-refractivity contribution is 5.38. The van der Waals surface area contributed by atoms with Gasteiger partial charge >= 0.3 is 0 Å². The molecule has 0 amide bonds. The smallest absolute Gasteiger partial charge is 0.140 e. The average molecular weight is 223 g/mol. The lowest BCUT2D eigenvalue weighted by Gasteiger charge is -2.17. The number of rotatable bonds is 4. The summed E-state index contributed by atoms with van der Waals surface area (Å²) in [4.78, 5) is 3.98. The van der Waals surface area contributed by atoms with E-state index >= 15 is 0 Å². The quantitative estimate of drug-likeness (QED) is 0.694. The van der Waals surface area contributed by atoms with Crippen molar-refractivity contribution in [2.24, 2.45) is 0 Å². The van der Waals surface area contributed by atoms with E-state index in [-0.39, 0.29) is 11.9 Å². The molecule has 0 aliphatic carbocycles. The Kier molecular flexibility index (Phi) is 3.71. The molecule has 5 heteroatoms. The molecule has 1 aliphatic rings. The Labute approximate surface area is 94.8 Å². The molecule has 1 aliphatic heterocycles. The van der Waals surface area contributed by atoms with E-state index in [1.807, 2.05) is 6.92 Å². The van der Waals surface area contributed by atoms with Crippen molar-refractivity contribution in [2.75, 3.05) is 19.7 Å². The molecule has 3 N–H and O–H groups in total. The van der Waals surface area contributed by atoms with E-state index in [4.69, 9.17) is 4.74 Å². The Hall–Kier alpha value is -1.17. The summed E-state index contributed by atoms with van der Waals surface area (Å²) in [5, 5.41) is 16.4. The van der Waals surface area contributed by atoms with Gasteiger partial charge in [-0.3, -0.25) is 15.6 Å². The number of aromatic hydroxyl groups is 1. The highest BCUT2D eigenvalue weighted by Crippen LogP contribution is 2.27. The minimum atomic E-state index is -0.00143. The number of pyridine rings is 1. The number of hydrogen-bond acceptors (Lipinski definition) is 5. The monoisotopic (exact) mass is 223 g/mol. The normalized spacial score (nSPS) is 16.8. The fraction of sp³-hybridized carbons (Fsp3) is 0.545. The molecular formula is C11H17N3O2. The number of nitrogens with one attached hydrogen (secondary N) is 2. The van der Waals surface area contributed by atoms with Gasteiger partial charge < -0.3 is 9.84 Å². The van der Waals surface area contributed by atoms with Crippen LogP contribution in [0, 0.1) is 0 Å². The molecule has 0 unspecified atom stereocenters. The first-order valence-electron chi connectivity index (χ1n) is 5.53. The van der Waals surface area contributed by atoms with Crippen LogP contribution in [0.1, 0.15) is 24.2 Å². The maximum Gasteiger partial charge on any atom is 0.140 e.